The molecule has 0 spiro atoms. The van der Waals surface area contributed by atoms with Crippen molar-refractivity contribution < 1.29 is 89.4 Å². The van der Waals surface area contributed by atoms with E-state index in [2.05, 4.69) is 79.9 Å². The zero-order chi connectivity index (χ0) is 59.0. The quantitative estimate of drug-likeness (QED) is 0.0253. The molecule has 12 N–H and O–H groups in total. The number of carbonyl (C=O) groups is 1. The van der Waals surface area contributed by atoms with Gasteiger partial charge < -0.3 is 89.9 Å². The summed E-state index contributed by atoms with van der Waals surface area (Å²) in [5, 5.41) is 120. The fourth-order valence-corrected chi connectivity index (χ4v) is 9.97. The van der Waals surface area contributed by atoms with Gasteiger partial charge in [0.15, 0.2) is 18.9 Å². The summed E-state index contributed by atoms with van der Waals surface area (Å²) in [7, 11) is 0. The van der Waals surface area contributed by atoms with Crippen LogP contribution >= 0.6 is 0 Å². The van der Waals surface area contributed by atoms with Gasteiger partial charge in [0.05, 0.1) is 38.6 Å². The summed E-state index contributed by atoms with van der Waals surface area (Å²) in [5.41, 5.74) is 0. The number of ether oxygens (including phenoxy) is 6. The summed E-state index contributed by atoms with van der Waals surface area (Å²) in [6.45, 7) is 1.45. The first-order valence-electron chi connectivity index (χ1n) is 30.7. The largest absolute Gasteiger partial charge is 0.394 e. The van der Waals surface area contributed by atoms with Crippen molar-refractivity contribution in [2.75, 3.05) is 26.4 Å². The smallest absolute Gasteiger partial charge is 0.220 e. The molecule has 3 aliphatic heterocycles. The summed E-state index contributed by atoms with van der Waals surface area (Å²) < 4.78 is 34.1. The van der Waals surface area contributed by atoms with Gasteiger partial charge in [-0.15, -0.1) is 0 Å². The molecule has 468 valence electrons. The zero-order valence-corrected chi connectivity index (χ0v) is 48.7. The van der Waals surface area contributed by atoms with E-state index in [0.29, 0.717) is 12.8 Å². The van der Waals surface area contributed by atoms with Crippen molar-refractivity contribution in [3.8, 4) is 0 Å². The Hall–Kier alpha value is -2.77. The number of hydrogen-bond acceptors (Lipinski definition) is 18. The van der Waals surface area contributed by atoms with Crippen LogP contribution in [0.4, 0.5) is 0 Å². The van der Waals surface area contributed by atoms with E-state index in [1.54, 1.807) is 6.08 Å². The second-order valence-corrected chi connectivity index (χ2v) is 21.8. The highest BCUT2D eigenvalue weighted by Crippen LogP contribution is 2.33. The second-order valence-electron chi connectivity index (χ2n) is 21.8. The summed E-state index contributed by atoms with van der Waals surface area (Å²) in [6.07, 6.45) is 26.7. The highest BCUT2D eigenvalue weighted by atomic mass is 16.8. The molecule has 3 saturated heterocycles. The van der Waals surface area contributed by atoms with Crippen LogP contribution in [0.3, 0.4) is 0 Å². The fraction of sp³-hybridized carbons (Fsp3) is 0.790. The van der Waals surface area contributed by atoms with E-state index in [0.717, 1.165) is 64.2 Å². The number of aliphatic hydroxyl groups excluding tert-OH is 11. The monoisotopic (exact) mass is 1150 g/mol. The van der Waals surface area contributed by atoms with E-state index >= 15 is 0 Å². The molecule has 3 rings (SSSR count). The topological polar surface area (TPSA) is 307 Å². The van der Waals surface area contributed by atoms with Gasteiger partial charge in [0, 0.05) is 6.42 Å². The molecular formula is C62H107NO18. The van der Waals surface area contributed by atoms with E-state index in [-0.39, 0.29) is 18.9 Å². The molecule has 81 heavy (non-hydrogen) atoms. The van der Waals surface area contributed by atoms with Crippen LogP contribution in [0.25, 0.3) is 0 Å². The lowest BCUT2D eigenvalue weighted by atomic mass is 9.96. The third-order valence-electron chi connectivity index (χ3n) is 15.0. The van der Waals surface area contributed by atoms with E-state index in [4.69, 9.17) is 28.4 Å². The van der Waals surface area contributed by atoms with Crippen LogP contribution in [0.5, 0.6) is 0 Å². The molecule has 3 heterocycles. The van der Waals surface area contributed by atoms with E-state index in [1.807, 2.05) is 6.08 Å². The van der Waals surface area contributed by atoms with Crippen molar-refractivity contribution >= 4 is 5.91 Å². The standard InChI is InChI=1S/C62H107NO18/c1-3-5-7-9-11-12-13-14-15-16-17-18-19-20-21-22-23-24-25-26-27-28-29-30-31-32-34-36-38-40-50(68)63-45(46(67)39-37-35-33-10-8-6-4-2)44-76-60-56(74)53(71)58(48(42-65)78-60)81-62-57(75)54(72)59(49(43-66)79-62)80-61-55(73)52(70)51(69)47(41-64)77-61/h5,7-8,10-12,14-15,17-18,37,39,45-49,51-62,64-67,69-75H,3-4,6,9,13,16,19-36,38,40-44H2,1-2H3,(H,63,68)/b7-5-,10-8+,12-11-,15-14-,18-17-,39-37+. The molecule has 17 unspecified atom stereocenters. The Balaban J connectivity index is 1.36. The number of aliphatic hydroxyl groups is 11. The molecule has 0 saturated carbocycles. The minimum absolute atomic E-state index is 0.232. The minimum Gasteiger partial charge on any atom is -0.394 e. The van der Waals surface area contributed by atoms with Gasteiger partial charge in [-0.25, -0.2) is 0 Å². The second kappa shape index (κ2) is 44.7. The lowest BCUT2D eigenvalue weighted by Gasteiger charge is -2.48. The lowest BCUT2D eigenvalue weighted by Crippen LogP contribution is -2.66. The SMILES string of the molecule is CC/C=C\C/C=C\C/C=C\C/C=C\CCCCCCCCCCCCCCCCCCC(=O)NC(COC1OC(CO)C(OC2OC(CO)C(OC3OC(CO)C(O)C(O)C3O)C(O)C2O)C(O)C1O)C(O)/C=C/CC/C=C/CCC. The Labute approximate surface area is 483 Å². The molecule has 0 aromatic heterocycles. The maximum Gasteiger partial charge on any atom is 0.220 e. The predicted octanol–water partition coefficient (Wildman–Crippen LogP) is 5.82. The summed E-state index contributed by atoms with van der Waals surface area (Å²) >= 11 is 0. The van der Waals surface area contributed by atoms with Crippen LogP contribution in [0.2, 0.25) is 0 Å². The Morgan fingerprint density at radius 2 is 0.864 bits per heavy atom. The molecular weight excluding hydrogens is 1050 g/mol. The van der Waals surface area contributed by atoms with Gasteiger partial charge in [0.2, 0.25) is 5.91 Å². The molecule has 17 atom stereocenters. The Kier molecular flexibility index (Phi) is 40.0. The summed E-state index contributed by atoms with van der Waals surface area (Å²) in [4.78, 5) is 13.3. The molecule has 0 aromatic rings. The average Bonchev–Trinajstić information content (AvgIpc) is 3.48. The van der Waals surface area contributed by atoms with Crippen molar-refractivity contribution in [2.45, 2.75) is 285 Å². The molecule has 0 radical (unpaired) electrons. The number of rotatable bonds is 44. The molecule has 0 aromatic carbocycles. The van der Waals surface area contributed by atoms with Gasteiger partial charge in [-0.1, -0.05) is 183 Å². The van der Waals surface area contributed by atoms with Gasteiger partial charge in [-0.05, 0) is 64.2 Å². The van der Waals surface area contributed by atoms with Crippen molar-refractivity contribution in [1.82, 2.24) is 5.32 Å². The molecule has 0 aliphatic carbocycles. The van der Waals surface area contributed by atoms with Crippen LogP contribution in [-0.4, -0.2) is 193 Å². The predicted molar refractivity (Wildman–Crippen MR) is 309 cm³/mol. The first-order chi connectivity index (χ1) is 39.3. The van der Waals surface area contributed by atoms with Gasteiger partial charge in [0.1, 0.15) is 73.2 Å². The highest BCUT2D eigenvalue weighted by molar-refractivity contribution is 5.76. The summed E-state index contributed by atoms with van der Waals surface area (Å²) in [6, 6.07) is -0.989. The third-order valence-corrected chi connectivity index (χ3v) is 15.0. The number of hydrogen-bond donors (Lipinski definition) is 12. The first kappa shape index (κ1) is 72.5. The maximum absolute atomic E-state index is 13.3. The van der Waals surface area contributed by atoms with Gasteiger partial charge >= 0.3 is 0 Å². The number of carbonyl (C=O) groups excluding carboxylic acids is 1. The average molecular weight is 1150 g/mol. The molecule has 0 bridgehead atoms. The number of allylic oxidation sites excluding steroid dienone is 11. The maximum atomic E-state index is 13.3. The summed E-state index contributed by atoms with van der Waals surface area (Å²) in [5.74, 6) is -0.293. The van der Waals surface area contributed by atoms with Crippen LogP contribution in [0, 0.1) is 0 Å². The first-order valence-corrected chi connectivity index (χ1v) is 30.7. The van der Waals surface area contributed by atoms with Crippen LogP contribution in [0.1, 0.15) is 181 Å². The van der Waals surface area contributed by atoms with E-state index in [9.17, 15) is 61.0 Å². The molecule has 19 heteroatoms. The van der Waals surface area contributed by atoms with Gasteiger partial charge in [-0.3, -0.25) is 4.79 Å². The number of nitrogens with one attached hydrogen (secondary N) is 1. The van der Waals surface area contributed by atoms with Crippen molar-refractivity contribution in [1.29, 1.82) is 0 Å². The van der Waals surface area contributed by atoms with Crippen molar-refractivity contribution in [3.63, 3.8) is 0 Å². The Bertz CT molecular complexity index is 1760. The minimum atomic E-state index is -1.98. The highest BCUT2D eigenvalue weighted by Gasteiger charge is 2.53. The fourth-order valence-electron chi connectivity index (χ4n) is 9.97. The van der Waals surface area contributed by atoms with Crippen LogP contribution < -0.4 is 5.32 Å². The number of unbranched alkanes of at least 4 members (excludes halogenated alkanes) is 18. The van der Waals surface area contributed by atoms with Crippen LogP contribution in [-0.2, 0) is 33.2 Å². The van der Waals surface area contributed by atoms with Gasteiger partial charge in [-0.2, -0.15) is 0 Å². The van der Waals surface area contributed by atoms with Gasteiger partial charge in [0.25, 0.3) is 0 Å². The molecule has 3 fully saturated rings. The Morgan fingerprint density at radius 1 is 0.457 bits per heavy atom. The van der Waals surface area contributed by atoms with Crippen molar-refractivity contribution in [2.24, 2.45) is 0 Å². The van der Waals surface area contributed by atoms with E-state index in [1.165, 1.54) is 83.5 Å². The molecule has 3 aliphatic rings. The van der Waals surface area contributed by atoms with Crippen molar-refractivity contribution in [3.05, 3.63) is 72.9 Å². The van der Waals surface area contributed by atoms with E-state index < -0.39 is 124 Å². The number of amides is 1. The molecule has 19 nitrogen and oxygen atoms in total. The Morgan fingerprint density at radius 3 is 1.37 bits per heavy atom. The van der Waals surface area contributed by atoms with Crippen LogP contribution in [0.15, 0.2) is 72.9 Å². The third kappa shape index (κ3) is 28.3. The molecule has 1 amide bonds. The normalized spacial score (nSPS) is 30.3. The zero-order valence-electron chi connectivity index (χ0n) is 48.7. The lowest BCUT2D eigenvalue weighted by molar-refractivity contribution is -0.379.